The van der Waals surface area contributed by atoms with E-state index in [1.54, 1.807) is 38.4 Å². The predicted molar refractivity (Wildman–Crippen MR) is 142 cm³/mol. The zero-order valence-electron chi connectivity index (χ0n) is 19.9. The lowest BCUT2D eigenvalue weighted by Crippen LogP contribution is -2.42. The van der Waals surface area contributed by atoms with Gasteiger partial charge in [-0.05, 0) is 62.7 Å². The molecule has 33 heavy (non-hydrogen) atoms. The van der Waals surface area contributed by atoms with Gasteiger partial charge in [0.2, 0.25) is 0 Å². The summed E-state index contributed by atoms with van der Waals surface area (Å²) < 4.78 is 16.5. The van der Waals surface area contributed by atoms with Crippen LogP contribution in [0, 0.1) is 0 Å². The van der Waals surface area contributed by atoms with Crippen molar-refractivity contribution in [3.8, 4) is 17.2 Å². The Balaban J connectivity index is 0.00000544. The minimum atomic E-state index is -0.136. The first-order chi connectivity index (χ1) is 15.5. The average Bonchev–Trinajstić information content (AvgIpc) is 2.82. The second kappa shape index (κ2) is 15.2. The lowest BCUT2D eigenvalue weighted by molar-refractivity contribution is 0.0954. The van der Waals surface area contributed by atoms with Crippen molar-refractivity contribution in [2.24, 2.45) is 4.99 Å². The van der Waals surface area contributed by atoms with Gasteiger partial charge in [-0.25, -0.2) is 0 Å². The molecule has 182 valence electrons. The van der Waals surface area contributed by atoms with Crippen molar-refractivity contribution in [1.82, 2.24) is 16.0 Å². The van der Waals surface area contributed by atoms with Crippen molar-refractivity contribution in [2.45, 2.75) is 26.8 Å². The van der Waals surface area contributed by atoms with E-state index >= 15 is 0 Å². The van der Waals surface area contributed by atoms with E-state index in [9.17, 15) is 4.79 Å². The van der Waals surface area contributed by atoms with E-state index in [4.69, 9.17) is 14.2 Å². The lowest BCUT2D eigenvalue weighted by atomic mass is 10.1. The van der Waals surface area contributed by atoms with E-state index in [2.05, 4.69) is 20.9 Å². The topological polar surface area (TPSA) is 93.2 Å². The van der Waals surface area contributed by atoms with Crippen LogP contribution in [0.2, 0.25) is 0 Å². The van der Waals surface area contributed by atoms with Crippen molar-refractivity contribution < 1.29 is 19.0 Å². The summed E-state index contributed by atoms with van der Waals surface area (Å²) in [6.07, 6.45) is 0. The zero-order valence-corrected chi connectivity index (χ0v) is 22.3. The molecule has 0 aliphatic heterocycles. The molecule has 9 heteroatoms. The minimum Gasteiger partial charge on any atom is -0.497 e. The molecule has 0 bridgehead atoms. The standard InChI is InChI=1S/C24H34N4O4.HI/c1-6-31-21-13-10-19(16-22(21)32-7-2)17(3)28-24(25-4)27-15-14-26-23(29)18-8-11-20(30-5)12-9-18;/h8-13,16-17H,6-7,14-15H2,1-5H3,(H,26,29)(H2,25,27,28);1H. The number of aliphatic imine (C=N–C) groups is 1. The van der Waals surface area contributed by atoms with E-state index in [0.717, 1.165) is 17.1 Å². The Kier molecular flexibility index (Phi) is 13.1. The van der Waals surface area contributed by atoms with Crippen molar-refractivity contribution in [1.29, 1.82) is 0 Å². The van der Waals surface area contributed by atoms with Crippen LogP contribution in [0.4, 0.5) is 0 Å². The molecule has 0 aliphatic rings. The summed E-state index contributed by atoms with van der Waals surface area (Å²) in [5, 5.41) is 9.45. The molecule has 0 saturated carbocycles. The highest BCUT2D eigenvalue weighted by atomic mass is 127. The molecule has 0 heterocycles. The number of methoxy groups -OCH3 is 1. The number of ether oxygens (including phenoxy) is 3. The van der Waals surface area contributed by atoms with Gasteiger partial charge in [0.15, 0.2) is 17.5 Å². The van der Waals surface area contributed by atoms with Crippen LogP contribution in [-0.4, -0.2) is 52.3 Å². The SMILES string of the molecule is CCOc1ccc(C(C)NC(=NC)NCCNC(=O)c2ccc(OC)cc2)cc1OCC.I. The third-order valence-electron chi connectivity index (χ3n) is 4.70. The van der Waals surface area contributed by atoms with Crippen molar-refractivity contribution in [3.05, 3.63) is 53.6 Å². The highest BCUT2D eigenvalue weighted by Crippen LogP contribution is 2.30. The first kappa shape index (κ1) is 28.3. The number of nitrogens with one attached hydrogen (secondary N) is 3. The molecule has 2 rings (SSSR count). The molecule has 0 radical (unpaired) electrons. The normalized spacial score (nSPS) is 11.6. The molecule has 3 N–H and O–H groups in total. The summed E-state index contributed by atoms with van der Waals surface area (Å²) in [6.45, 7) is 8.07. The molecule has 1 atom stereocenters. The van der Waals surface area contributed by atoms with Gasteiger partial charge in [0.1, 0.15) is 5.75 Å². The second-order valence-corrected chi connectivity index (χ2v) is 6.92. The van der Waals surface area contributed by atoms with Crippen LogP contribution in [0.15, 0.2) is 47.5 Å². The summed E-state index contributed by atoms with van der Waals surface area (Å²) >= 11 is 0. The number of halogens is 1. The van der Waals surface area contributed by atoms with Crippen LogP contribution >= 0.6 is 24.0 Å². The number of nitrogens with zero attached hydrogens (tertiary/aromatic N) is 1. The van der Waals surface area contributed by atoms with E-state index in [1.807, 2.05) is 39.0 Å². The molecule has 2 aromatic rings. The summed E-state index contributed by atoms with van der Waals surface area (Å²) in [4.78, 5) is 16.5. The Bertz CT molecular complexity index is 891. The fraction of sp³-hybridized carbons (Fsp3) is 0.417. The van der Waals surface area contributed by atoms with Gasteiger partial charge in [0.05, 0.1) is 26.4 Å². The molecule has 0 fully saturated rings. The van der Waals surface area contributed by atoms with E-state index in [0.29, 0.717) is 43.6 Å². The Hall–Kier alpha value is -2.69. The first-order valence-electron chi connectivity index (χ1n) is 10.8. The largest absolute Gasteiger partial charge is 0.497 e. The maximum Gasteiger partial charge on any atom is 0.251 e. The van der Waals surface area contributed by atoms with Gasteiger partial charge in [-0.1, -0.05) is 6.07 Å². The molecule has 0 aliphatic carbocycles. The van der Waals surface area contributed by atoms with Gasteiger partial charge >= 0.3 is 0 Å². The third kappa shape index (κ3) is 8.99. The quantitative estimate of drug-likeness (QED) is 0.165. The molecule has 8 nitrogen and oxygen atoms in total. The van der Waals surface area contributed by atoms with Crippen LogP contribution in [0.3, 0.4) is 0 Å². The maximum absolute atomic E-state index is 12.2. The smallest absolute Gasteiger partial charge is 0.251 e. The van der Waals surface area contributed by atoms with E-state index in [1.165, 1.54) is 0 Å². The van der Waals surface area contributed by atoms with Gasteiger partial charge in [-0.3, -0.25) is 9.79 Å². The number of hydrogen-bond acceptors (Lipinski definition) is 5. The predicted octanol–water partition coefficient (Wildman–Crippen LogP) is 3.77. The number of benzene rings is 2. The Morgan fingerprint density at radius 3 is 2.21 bits per heavy atom. The Morgan fingerprint density at radius 1 is 0.970 bits per heavy atom. The molecule has 0 spiro atoms. The van der Waals surface area contributed by atoms with Gasteiger partial charge in [-0.2, -0.15) is 0 Å². The zero-order chi connectivity index (χ0) is 23.3. The number of rotatable bonds is 11. The van der Waals surface area contributed by atoms with Crippen molar-refractivity contribution in [3.63, 3.8) is 0 Å². The molecule has 2 aromatic carbocycles. The van der Waals surface area contributed by atoms with Crippen LogP contribution in [-0.2, 0) is 0 Å². The van der Waals surface area contributed by atoms with Gasteiger partial charge in [-0.15, -0.1) is 24.0 Å². The molecule has 0 saturated heterocycles. The molecular formula is C24H35IN4O4. The van der Waals surface area contributed by atoms with E-state index in [-0.39, 0.29) is 35.9 Å². The van der Waals surface area contributed by atoms with Crippen LogP contribution in [0.5, 0.6) is 17.2 Å². The molecule has 1 unspecified atom stereocenters. The number of carbonyl (C=O) groups is 1. The summed E-state index contributed by atoms with van der Waals surface area (Å²) in [7, 11) is 3.30. The highest BCUT2D eigenvalue weighted by Gasteiger charge is 2.12. The van der Waals surface area contributed by atoms with Gasteiger partial charge in [0.25, 0.3) is 5.91 Å². The Morgan fingerprint density at radius 2 is 1.61 bits per heavy atom. The number of hydrogen-bond donors (Lipinski definition) is 3. The highest BCUT2D eigenvalue weighted by molar-refractivity contribution is 14.0. The minimum absolute atomic E-state index is 0. The second-order valence-electron chi connectivity index (χ2n) is 6.92. The van der Waals surface area contributed by atoms with Gasteiger partial charge < -0.3 is 30.2 Å². The van der Waals surface area contributed by atoms with Crippen LogP contribution < -0.4 is 30.2 Å². The fourth-order valence-corrected chi connectivity index (χ4v) is 3.02. The number of guanidine groups is 1. The fourth-order valence-electron chi connectivity index (χ4n) is 3.02. The van der Waals surface area contributed by atoms with E-state index < -0.39 is 0 Å². The molecule has 1 amide bonds. The summed E-state index contributed by atoms with van der Waals surface area (Å²) in [5.74, 6) is 2.69. The van der Waals surface area contributed by atoms with Crippen LogP contribution in [0.25, 0.3) is 0 Å². The van der Waals surface area contributed by atoms with Gasteiger partial charge in [0, 0.05) is 25.7 Å². The third-order valence-corrected chi connectivity index (χ3v) is 4.70. The summed E-state index contributed by atoms with van der Waals surface area (Å²) in [6, 6.07) is 12.9. The molecular weight excluding hydrogens is 535 g/mol. The monoisotopic (exact) mass is 570 g/mol. The Labute approximate surface area is 213 Å². The number of carbonyl (C=O) groups excluding carboxylic acids is 1. The van der Waals surface area contributed by atoms with Crippen molar-refractivity contribution >= 4 is 35.8 Å². The first-order valence-corrected chi connectivity index (χ1v) is 10.8. The maximum atomic E-state index is 12.2. The molecule has 0 aromatic heterocycles. The lowest BCUT2D eigenvalue weighted by Gasteiger charge is -2.20. The van der Waals surface area contributed by atoms with Crippen molar-refractivity contribution in [2.75, 3.05) is 40.5 Å². The average molecular weight is 570 g/mol. The summed E-state index contributed by atoms with van der Waals surface area (Å²) in [5.41, 5.74) is 1.63. The number of amides is 1. The van der Waals surface area contributed by atoms with Crippen LogP contribution in [0.1, 0.15) is 42.7 Å².